The highest BCUT2D eigenvalue weighted by molar-refractivity contribution is 7.90. The number of Topliss-reactive ketones (excluding diaryl/α,β-unsaturated/α-hetero) is 1. The quantitative estimate of drug-likeness (QED) is 0.0106. The van der Waals surface area contributed by atoms with Gasteiger partial charge in [0.2, 0.25) is 33.6 Å². The van der Waals surface area contributed by atoms with Crippen LogP contribution in [0.3, 0.4) is 0 Å². The van der Waals surface area contributed by atoms with Gasteiger partial charge in [-0.2, -0.15) is 35.0 Å². The summed E-state index contributed by atoms with van der Waals surface area (Å²) in [7, 11) is -14.2. The summed E-state index contributed by atoms with van der Waals surface area (Å²) in [4.78, 5) is 51.2. The number of carboxylic acid groups (broad SMARTS) is 1. The fourth-order valence-corrected chi connectivity index (χ4v) is 20.8. The van der Waals surface area contributed by atoms with E-state index < -0.39 is 53.1 Å². The summed E-state index contributed by atoms with van der Waals surface area (Å²) in [5, 5.41) is 28.1. The molecule has 0 unspecified atom stereocenters. The molecule has 3 aliphatic rings. The van der Waals surface area contributed by atoms with E-state index in [4.69, 9.17) is 120 Å². The van der Waals surface area contributed by atoms with Crippen LogP contribution in [0.1, 0.15) is 153 Å². The number of nitrogens with two attached hydrogens (primary N) is 2. The third kappa shape index (κ3) is 32.0. The number of pyridine rings is 3. The molecule has 0 atom stereocenters. The van der Waals surface area contributed by atoms with Crippen LogP contribution in [0, 0.1) is 0 Å². The highest BCUT2D eigenvalue weighted by Crippen LogP contribution is 2.44. The molecular formula is C104H116Cl6F6N12O15S3. The molecule has 0 saturated carbocycles. The van der Waals surface area contributed by atoms with Crippen molar-refractivity contribution in [2.24, 2.45) is 11.5 Å². The van der Waals surface area contributed by atoms with E-state index in [1.54, 1.807) is 12.1 Å². The van der Waals surface area contributed by atoms with Gasteiger partial charge in [0.25, 0.3) is 0 Å². The van der Waals surface area contributed by atoms with Crippen LogP contribution in [0.25, 0.3) is 32.7 Å². The van der Waals surface area contributed by atoms with Crippen molar-refractivity contribution < 1.29 is 94.8 Å². The zero-order valence-electron chi connectivity index (χ0n) is 78.1. The van der Waals surface area contributed by atoms with Crippen molar-refractivity contribution >= 4 is 167 Å². The first kappa shape index (κ1) is 116. The normalized spacial score (nSPS) is 14.5. The number of benzene rings is 9. The Balaban J connectivity index is 0.000000312. The van der Waals surface area contributed by atoms with Crippen molar-refractivity contribution in [3.8, 4) is 17.6 Å². The Bertz CT molecular complexity index is 6600. The predicted octanol–water partition coefficient (Wildman–Crippen LogP) is 21.5. The Morgan fingerprint density at radius 2 is 0.658 bits per heavy atom. The van der Waals surface area contributed by atoms with Crippen molar-refractivity contribution in [3.63, 3.8) is 0 Å². The zero-order chi connectivity index (χ0) is 103. The molecule has 9 aromatic carbocycles. The lowest BCUT2D eigenvalue weighted by atomic mass is 9.84. The largest absolute Gasteiger partial charge is 0.511 e. The summed E-state index contributed by atoms with van der Waals surface area (Å²) in [6.45, 7) is 2.56. The summed E-state index contributed by atoms with van der Waals surface area (Å²) < 4.78 is 183. The number of hydrogen-bond donors (Lipinski definition) is 7. The molecule has 42 heteroatoms. The highest BCUT2D eigenvalue weighted by atomic mass is 35.5. The van der Waals surface area contributed by atoms with Gasteiger partial charge in [-0.25, -0.2) is 44.5 Å². The molecular weight excluding hydrogens is 2080 g/mol. The van der Waals surface area contributed by atoms with Gasteiger partial charge < -0.3 is 61.5 Å². The number of aliphatic carboxylic acids is 1. The maximum atomic E-state index is 13.5. The van der Waals surface area contributed by atoms with Gasteiger partial charge in [-0.05, 0) is 204 Å². The molecule has 9 N–H and O–H groups in total. The van der Waals surface area contributed by atoms with E-state index in [9.17, 15) is 66.0 Å². The molecule has 27 nitrogen and oxygen atoms in total. The lowest BCUT2D eigenvalue weighted by molar-refractivity contribution is -0.137. The molecule has 784 valence electrons. The van der Waals surface area contributed by atoms with Crippen LogP contribution < -0.4 is 46.9 Å². The molecule has 3 aromatic heterocycles. The zero-order valence-corrected chi connectivity index (χ0v) is 85.1. The molecule has 0 aliphatic carbocycles. The Labute approximate surface area is 876 Å². The van der Waals surface area contributed by atoms with Gasteiger partial charge in [0.1, 0.15) is 12.4 Å². The van der Waals surface area contributed by atoms with Gasteiger partial charge in [-0.15, -0.1) is 0 Å². The Kier molecular flexibility index (Phi) is 42.5. The lowest BCUT2D eigenvalue weighted by Crippen LogP contribution is -2.47. The SMILES string of the molecule is C.C.CS(=O)(=O)N1CCC(Nc2cc(OCCC(=O)CCCOCCNC(=O)CCOc3cc(NC4CCN(S(=O)(=O)C(F)(F)F)CC4)c4cc(C(c5ccc(Cl)cc5)c5ccc(Cl)cc5)ccc4n3)nc3ccc(C(c4ccc(Cl)cc4)c4ccc(Cl)cc4)cc23)CC1.NCCOCCN.O=C(O)CCOc1cc(NC2CCN(S(=O)(=O)C(F)(F)F)CC2)c2cc(C(c3ccc(Cl)cc3)c3ccc(Cl)cc3)ccc2n1. The van der Waals surface area contributed by atoms with Crippen LogP contribution in [-0.2, 0) is 53.9 Å². The number of carboxylic acids is 1. The van der Waals surface area contributed by atoms with E-state index in [0.29, 0.717) is 142 Å². The lowest BCUT2D eigenvalue weighted by Gasteiger charge is -2.32. The van der Waals surface area contributed by atoms with Crippen LogP contribution in [0.15, 0.2) is 218 Å². The monoisotopic (exact) mass is 2190 g/mol. The van der Waals surface area contributed by atoms with Gasteiger partial charge >= 0.3 is 37.0 Å². The van der Waals surface area contributed by atoms with Crippen LogP contribution in [-0.4, -0.2) is 216 Å². The number of amides is 1. The third-order valence-corrected chi connectivity index (χ3v) is 30.5. The number of ketones is 1. The number of halogens is 12. The van der Waals surface area contributed by atoms with Crippen LogP contribution in [0.2, 0.25) is 30.1 Å². The highest BCUT2D eigenvalue weighted by Gasteiger charge is 2.52. The first-order chi connectivity index (χ1) is 68.8. The average Bonchev–Trinajstić information content (AvgIpc) is 0.778. The fourth-order valence-electron chi connectivity index (χ4n) is 17.2. The van der Waals surface area contributed by atoms with Gasteiger partial charge in [-0.3, -0.25) is 14.4 Å². The number of aromatic nitrogens is 3. The number of anilines is 3. The Morgan fingerprint density at radius 3 is 0.938 bits per heavy atom. The number of ether oxygens (including phenoxy) is 5. The summed E-state index contributed by atoms with van der Waals surface area (Å²) in [6.07, 6.45) is 3.47. The van der Waals surface area contributed by atoms with E-state index in [0.717, 1.165) is 61.1 Å². The van der Waals surface area contributed by atoms with Crippen molar-refractivity contribution in [2.75, 3.05) is 127 Å². The maximum absolute atomic E-state index is 13.5. The Morgan fingerprint density at radius 1 is 0.384 bits per heavy atom. The van der Waals surface area contributed by atoms with Crippen molar-refractivity contribution in [3.05, 3.63) is 299 Å². The third-order valence-electron chi connectivity index (χ3n) is 24.4. The van der Waals surface area contributed by atoms with E-state index in [2.05, 4.69) is 32.3 Å². The van der Waals surface area contributed by atoms with Gasteiger partial charge in [-0.1, -0.05) is 175 Å². The number of rotatable bonds is 41. The topological polar surface area (TPSA) is 369 Å². The average molecular weight is 2200 g/mol. The van der Waals surface area contributed by atoms with E-state index >= 15 is 0 Å². The number of carbonyl (C=O) groups excluding carboxylic acids is 2. The predicted molar refractivity (Wildman–Crippen MR) is 565 cm³/mol. The maximum Gasteiger partial charge on any atom is 0.511 e. The number of nitrogens with zero attached hydrogens (tertiary/aromatic N) is 6. The van der Waals surface area contributed by atoms with Crippen molar-refractivity contribution in [1.82, 2.24) is 33.2 Å². The van der Waals surface area contributed by atoms with Crippen molar-refractivity contribution in [2.45, 2.75) is 132 Å². The first-order valence-electron chi connectivity index (χ1n) is 46.5. The summed E-state index contributed by atoms with van der Waals surface area (Å²) in [5.41, 5.74) is 11.8. The number of fused-ring (bicyclic) bond motifs is 3. The molecule has 12 aromatic rings. The van der Waals surface area contributed by atoms with E-state index in [1.807, 2.05) is 200 Å². The first-order valence-corrected chi connectivity index (χ1v) is 53.5. The minimum absolute atomic E-state index is 0. The molecule has 0 spiro atoms. The number of carbonyl (C=O) groups is 3. The standard InChI is InChI=1S/C67H68Cl4F3N7O9S2.C31H28Cl2F3N3O5S.C4H12N2O.2CH4/c1-91(84,85)80-31-24-53(25-32-80)76-60-41-63(78-58-22-12-47(39-56(58)60)65(43-4-14-49(68)15-5-43)44-6-16-50(69)17-7-44)89-36-28-55(82)3-2-35-88-38-30-75-62(83)29-37-90-64-42-61(77-54-26-33-81(34-27-54)92(86,87)67(72,73)74)57-40-48(13-23-59(57)79-64)66(45-8-18-51(70)19-9-45)46-10-20-52(71)21-11-46;32-22-6-1-19(2-7-22)30(20-3-8-23(33)9-4-20)21-5-10-26-25(17-21)27(18-28(38-26)44-16-13-29(40)41)37-24-11-14-39(15-12-24)45(42,43)31(34,35)36;5-1-3-7-4-2-6;;/h4-23,39-42,53-54,65-66H,2-3,24-38H2,1H3,(H,75,83)(H,76,78)(H,77,79);1-10,17-18,24,30H,11-16H2,(H,37,38)(H,40,41);1-6H2;2*1H4. The van der Waals surface area contributed by atoms with Crippen molar-refractivity contribution in [1.29, 1.82) is 0 Å². The number of nitrogens with one attached hydrogen (secondary N) is 4. The van der Waals surface area contributed by atoms with Gasteiger partial charge in [0.05, 0.1) is 68.7 Å². The molecule has 146 heavy (non-hydrogen) atoms. The number of hydrogen-bond acceptors (Lipinski definition) is 22. The second-order valence-electron chi connectivity index (χ2n) is 34.6. The smallest absolute Gasteiger partial charge is 0.481 e. The molecule has 3 saturated heterocycles. The minimum atomic E-state index is -5.49. The van der Waals surface area contributed by atoms with E-state index in [-0.39, 0.29) is 185 Å². The number of sulfonamides is 3. The van der Waals surface area contributed by atoms with Crippen LogP contribution in [0.4, 0.5) is 43.4 Å². The number of piperidine rings is 3. The minimum Gasteiger partial charge on any atom is -0.481 e. The molecule has 6 heterocycles. The molecule has 0 bridgehead atoms. The summed E-state index contributed by atoms with van der Waals surface area (Å²) in [5.74, 6) is -1.32. The summed E-state index contributed by atoms with van der Waals surface area (Å²) in [6, 6.07) is 67.4. The fraction of sp³-hybridized carbons (Fsp3) is 0.365. The molecule has 15 rings (SSSR count). The summed E-state index contributed by atoms with van der Waals surface area (Å²) >= 11 is 37.6. The molecule has 3 aliphatic heterocycles. The molecule has 1 amide bonds. The second-order valence-corrected chi connectivity index (χ2v) is 43.0. The van der Waals surface area contributed by atoms with Gasteiger partial charge in [0.15, 0.2) is 0 Å². The van der Waals surface area contributed by atoms with Crippen LogP contribution >= 0.6 is 69.6 Å². The van der Waals surface area contributed by atoms with Crippen LogP contribution in [0.5, 0.6) is 17.6 Å². The Hall–Kier alpha value is -10.5. The molecule has 0 radical (unpaired) electrons. The second kappa shape index (κ2) is 53.6. The molecule has 3 fully saturated rings. The van der Waals surface area contributed by atoms with Gasteiger partial charge in [0, 0.05) is 196 Å². The van der Waals surface area contributed by atoms with E-state index in [1.165, 1.54) is 10.6 Å². The number of alkyl halides is 6.